The van der Waals surface area contributed by atoms with Crippen LogP contribution in [0.3, 0.4) is 0 Å². The highest BCUT2D eigenvalue weighted by Crippen LogP contribution is 2.65. The third-order valence-electron chi connectivity index (χ3n) is 10.6. The van der Waals surface area contributed by atoms with Crippen molar-refractivity contribution >= 4 is 31.0 Å². The number of aliphatic imine (C=N–C) groups is 1. The lowest BCUT2D eigenvalue weighted by Crippen LogP contribution is -2.65. The highest BCUT2D eigenvalue weighted by atomic mass is 16.7. The van der Waals surface area contributed by atoms with Crippen molar-refractivity contribution in [2.75, 3.05) is 13.1 Å². The third-order valence-corrected chi connectivity index (χ3v) is 10.6. The molecule has 16 heteroatoms. The Morgan fingerprint density at radius 3 is 2.50 bits per heavy atom. The quantitative estimate of drug-likeness (QED) is 0.0595. The zero-order valence-corrected chi connectivity index (χ0v) is 29.9. The lowest BCUT2D eigenvalue weighted by molar-refractivity contribution is -0.525. The van der Waals surface area contributed by atoms with Crippen LogP contribution >= 0.6 is 0 Å². The van der Waals surface area contributed by atoms with Gasteiger partial charge in [0.05, 0.1) is 17.6 Å². The minimum Gasteiger partial charge on any atom is -0.444 e. The summed E-state index contributed by atoms with van der Waals surface area (Å²) in [4.78, 5) is 56.9. The molecule has 2 heterocycles. The van der Waals surface area contributed by atoms with Gasteiger partial charge in [0, 0.05) is 13.1 Å². The Balaban J connectivity index is 1.50. The zero-order valence-electron chi connectivity index (χ0n) is 29.9. The largest absolute Gasteiger partial charge is 0.481 e. The maximum absolute atomic E-state index is 14.1. The fourth-order valence-electron chi connectivity index (χ4n) is 8.00. The molecule has 15 nitrogen and oxygen atoms in total. The molecule has 0 radical (unpaired) electrons. The number of hydrogen-bond donors (Lipinski definition) is 4. The monoisotopic (exact) mass is 677 g/mol. The number of likely N-dealkylation sites (tertiary alicyclic amines) is 1. The lowest BCUT2D eigenvalue weighted by atomic mass is 9.43. The molecular formula is C32H56BN7O8. The average Bonchev–Trinajstić information content (AvgIpc) is 3.34. The molecule has 2 bridgehead atoms. The van der Waals surface area contributed by atoms with E-state index >= 15 is 0 Å². The number of nitrogens with two attached hydrogens (primary N) is 1. The number of carbonyl (C=O) groups excluding carboxylic acids is 3. The Kier molecular flexibility index (Phi) is 11.6. The molecule has 0 aromatic carbocycles. The number of carbonyl (C=O) groups is 3. The highest BCUT2D eigenvalue weighted by Gasteiger charge is 2.68. The summed E-state index contributed by atoms with van der Waals surface area (Å²) in [6.07, 6.45) is 4.38. The molecule has 0 aromatic heterocycles. The zero-order chi connectivity index (χ0) is 35.6. The number of hydrogen-bond acceptors (Lipinski definition) is 9. The summed E-state index contributed by atoms with van der Waals surface area (Å²) in [6, 6.07) is -1.78. The second-order valence-electron chi connectivity index (χ2n) is 16.1. The van der Waals surface area contributed by atoms with Crippen LogP contribution in [0, 0.1) is 33.3 Å². The molecule has 2 aliphatic heterocycles. The second kappa shape index (κ2) is 14.8. The first-order valence-electron chi connectivity index (χ1n) is 17.5. The summed E-state index contributed by atoms with van der Waals surface area (Å²) in [5.41, 5.74) is 6.35. The van der Waals surface area contributed by atoms with Crippen LogP contribution in [-0.2, 0) is 23.6 Å². The Bertz CT molecular complexity index is 1240. The Morgan fingerprint density at radius 1 is 1.17 bits per heavy atom. The van der Waals surface area contributed by atoms with E-state index in [2.05, 4.69) is 50.2 Å². The molecule has 5 rings (SSSR count). The van der Waals surface area contributed by atoms with Gasteiger partial charge in [-0.05, 0) is 102 Å². The molecule has 5 fully saturated rings. The first-order valence-corrected chi connectivity index (χ1v) is 17.5. The van der Waals surface area contributed by atoms with Crippen molar-refractivity contribution in [2.45, 2.75) is 142 Å². The van der Waals surface area contributed by atoms with E-state index in [1.807, 2.05) is 0 Å². The van der Waals surface area contributed by atoms with E-state index in [1.165, 1.54) is 4.90 Å². The smallest absolute Gasteiger partial charge is 0.444 e. The van der Waals surface area contributed by atoms with Gasteiger partial charge < -0.3 is 30.4 Å². The Morgan fingerprint density at radius 2 is 1.88 bits per heavy atom. The van der Waals surface area contributed by atoms with Gasteiger partial charge in [-0.25, -0.2) is 19.9 Å². The number of nitrogens with one attached hydrogen (secondary N) is 3. The van der Waals surface area contributed by atoms with Crippen molar-refractivity contribution in [3.05, 3.63) is 10.1 Å². The standard InChI is InChI=1S/C32H56BN7O8/c1-19(2)16-25(33-47-24-18-20-17-23(31(20,6)7)32(24,8)48-33)37-26(41)21(12-11-14-35-28(34)38-40(44)45)36-27(42)22-13-9-10-15-39(22)29(43)46-30(3,4)5/h19-25H,9-18H2,1-8H3,(H,36,42)(H,37,41)(H3,34,35,38)/t20-,21+,22?,23-,24-,25+,32+/m1/s1. The molecule has 5 N–H and O–H groups in total. The van der Waals surface area contributed by atoms with Crippen LogP contribution in [0.2, 0.25) is 0 Å². The molecule has 1 unspecified atom stereocenters. The summed E-state index contributed by atoms with van der Waals surface area (Å²) in [5.74, 6) is -0.527. The predicted octanol–water partition coefficient (Wildman–Crippen LogP) is 2.94. The maximum Gasteiger partial charge on any atom is 0.481 e. The van der Waals surface area contributed by atoms with Crippen LogP contribution in [0.25, 0.3) is 0 Å². The summed E-state index contributed by atoms with van der Waals surface area (Å²) in [6.45, 7) is 16.6. The number of guanidine groups is 1. The van der Waals surface area contributed by atoms with E-state index in [9.17, 15) is 24.5 Å². The van der Waals surface area contributed by atoms with Crippen molar-refractivity contribution in [3.8, 4) is 0 Å². The average molecular weight is 678 g/mol. The van der Waals surface area contributed by atoms with E-state index in [1.54, 1.807) is 26.2 Å². The molecule has 3 aliphatic carbocycles. The molecule has 48 heavy (non-hydrogen) atoms. The Labute approximate surface area is 284 Å². The van der Waals surface area contributed by atoms with Crippen LogP contribution in [0.4, 0.5) is 4.79 Å². The van der Waals surface area contributed by atoms with Gasteiger partial charge in [-0.1, -0.05) is 33.1 Å². The first kappa shape index (κ1) is 37.7. The molecule has 2 saturated heterocycles. The predicted molar refractivity (Wildman–Crippen MR) is 180 cm³/mol. The fraction of sp³-hybridized carbons (Fsp3) is 0.875. The van der Waals surface area contributed by atoms with E-state index in [0.717, 1.165) is 25.7 Å². The van der Waals surface area contributed by atoms with Gasteiger partial charge in [0.25, 0.3) is 5.96 Å². The fourth-order valence-corrected chi connectivity index (χ4v) is 8.00. The van der Waals surface area contributed by atoms with Crippen LogP contribution in [0.15, 0.2) is 4.99 Å². The summed E-state index contributed by atoms with van der Waals surface area (Å²) in [7, 11) is -0.642. The molecule has 7 atom stereocenters. The van der Waals surface area contributed by atoms with Crippen molar-refractivity contribution in [1.82, 2.24) is 21.0 Å². The van der Waals surface area contributed by atoms with Crippen LogP contribution in [0.5, 0.6) is 0 Å². The topological polar surface area (TPSA) is 200 Å². The molecule has 5 aliphatic rings. The number of amides is 3. The van der Waals surface area contributed by atoms with E-state index in [4.69, 9.17) is 19.8 Å². The van der Waals surface area contributed by atoms with Crippen LogP contribution < -0.4 is 21.8 Å². The molecule has 3 amide bonds. The summed E-state index contributed by atoms with van der Waals surface area (Å²) < 4.78 is 18.8. The number of ether oxygens (including phenoxy) is 1. The van der Waals surface area contributed by atoms with E-state index in [-0.39, 0.29) is 36.4 Å². The number of hydrazine groups is 1. The lowest BCUT2D eigenvalue weighted by Gasteiger charge is -2.64. The summed E-state index contributed by atoms with van der Waals surface area (Å²) >= 11 is 0. The van der Waals surface area contributed by atoms with E-state index in [0.29, 0.717) is 37.6 Å². The van der Waals surface area contributed by atoms with Crippen molar-refractivity contribution < 1.29 is 33.5 Å². The molecule has 3 saturated carbocycles. The van der Waals surface area contributed by atoms with Gasteiger partial charge in [0.15, 0.2) is 5.03 Å². The van der Waals surface area contributed by atoms with Gasteiger partial charge in [0.2, 0.25) is 11.8 Å². The third kappa shape index (κ3) is 8.71. The van der Waals surface area contributed by atoms with Gasteiger partial charge >= 0.3 is 13.2 Å². The number of nitrogens with zero attached hydrogens (tertiary/aromatic N) is 3. The van der Waals surface area contributed by atoms with Crippen LogP contribution in [-0.4, -0.2) is 89.3 Å². The van der Waals surface area contributed by atoms with Gasteiger partial charge in [-0.3, -0.25) is 14.5 Å². The van der Waals surface area contributed by atoms with E-state index < -0.39 is 59.3 Å². The van der Waals surface area contributed by atoms with Gasteiger partial charge in [-0.15, -0.1) is 0 Å². The van der Waals surface area contributed by atoms with Crippen LogP contribution in [0.1, 0.15) is 107 Å². The number of rotatable bonds is 12. The number of piperidine rings is 1. The minimum absolute atomic E-state index is 0.0532. The molecule has 0 aromatic rings. The van der Waals surface area contributed by atoms with Crippen molar-refractivity contribution in [2.24, 2.45) is 33.9 Å². The highest BCUT2D eigenvalue weighted by molar-refractivity contribution is 6.48. The molecule has 0 spiro atoms. The van der Waals surface area contributed by atoms with Gasteiger partial charge in [0.1, 0.15) is 17.7 Å². The first-order chi connectivity index (χ1) is 22.3. The van der Waals surface area contributed by atoms with Crippen molar-refractivity contribution in [1.29, 1.82) is 0 Å². The van der Waals surface area contributed by atoms with Gasteiger partial charge in [-0.2, -0.15) is 0 Å². The minimum atomic E-state index is -0.986. The molecular weight excluding hydrogens is 621 g/mol. The van der Waals surface area contributed by atoms with Crippen molar-refractivity contribution in [3.63, 3.8) is 0 Å². The second-order valence-corrected chi connectivity index (χ2v) is 16.1. The normalized spacial score (nSPS) is 29.3. The maximum atomic E-state index is 14.1. The SMILES string of the molecule is CC(C)C[C@H](NC(=O)[C@H](CCCN=C(N)N[N+](=O)[O-])NC(=O)C1CCCCN1C(=O)OC(C)(C)C)B1O[C@@H]2C[C@H]3C[C@H](C3(C)C)[C@]2(C)O1. The Hall–Kier alpha value is -3.14. The molecule has 270 valence electrons. The number of nitro groups is 1. The summed E-state index contributed by atoms with van der Waals surface area (Å²) in [5, 5.41) is 15.9.